The Balaban J connectivity index is 2.67. The van der Waals surface area contributed by atoms with E-state index in [-0.39, 0.29) is 12.2 Å². The van der Waals surface area contributed by atoms with Gasteiger partial charge in [0.25, 0.3) is 0 Å². The monoisotopic (exact) mass is 142 g/mol. The van der Waals surface area contributed by atoms with Crippen molar-refractivity contribution in [3.05, 3.63) is 11.7 Å². The van der Waals surface area contributed by atoms with Gasteiger partial charge in [0.05, 0.1) is 0 Å². The molecular weight excluding hydrogens is 136 g/mol. The average Bonchev–Trinajstić information content (AvgIpc) is 2.13. The predicted molar refractivity (Wildman–Crippen MR) is 30.4 cm³/mol. The summed E-state index contributed by atoms with van der Waals surface area (Å²) in [5.74, 6) is -0.359. The lowest BCUT2D eigenvalue weighted by molar-refractivity contribution is -0.136. The van der Waals surface area contributed by atoms with Crippen LogP contribution in [0.5, 0.6) is 0 Å². The van der Waals surface area contributed by atoms with E-state index in [2.05, 4.69) is 14.7 Å². The molecule has 0 aromatic carbocycles. The summed E-state index contributed by atoms with van der Waals surface area (Å²) >= 11 is 0. The molecule has 5 heteroatoms. The third-order valence-electron chi connectivity index (χ3n) is 0.879. The summed E-state index contributed by atoms with van der Waals surface area (Å²) in [6.07, 6.45) is -0.183. The summed E-state index contributed by atoms with van der Waals surface area (Å²) in [6.45, 7) is 1.61. The van der Waals surface area contributed by atoms with Crippen LogP contribution in [0.2, 0.25) is 0 Å². The summed E-state index contributed by atoms with van der Waals surface area (Å²) in [5, 5.41) is 11.6. The van der Waals surface area contributed by atoms with E-state index in [0.29, 0.717) is 5.89 Å². The van der Waals surface area contributed by atoms with Gasteiger partial charge < -0.3 is 9.63 Å². The molecule has 0 saturated heterocycles. The zero-order chi connectivity index (χ0) is 7.56. The number of aliphatic carboxylic acids is 1. The van der Waals surface area contributed by atoms with Crippen molar-refractivity contribution in [3.63, 3.8) is 0 Å². The molecule has 0 aliphatic rings. The lowest BCUT2D eigenvalue weighted by Crippen LogP contribution is -2.01. The molecule has 5 nitrogen and oxygen atoms in total. The maximum atomic E-state index is 10.1. The number of carbonyl (C=O) groups is 1. The molecule has 0 fully saturated rings. The number of aromatic nitrogens is 2. The summed E-state index contributed by atoms with van der Waals surface area (Å²) in [7, 11) is 0. The third-order valence-corrected chi connectivity index (χ3v) is 0.879. The lowest BCUT2D eigenvalue weighted by Gasteiger charge is -1.81. The molecule has 1 rings (SSSR count). The van der Waals surface area contributed by atoms with Crippen LogP contribution in [0.25, 0.3) is 0 Å². The highest BCUT2D eigenvalue weighted by Gasteiger charge is 2.05. The van der Waals surface area contributed by atoms with Gasteiger partial charge in [-0.2, -0.15) is 4.98 Å². The minimum Gasteiger partial charge on any atom is -0.481 e. The van der Waals surface area contributed by atoms with E-state index in [1.807, 2.05) is 0 Å². The second-order valence-electron chi connectivity index (χ2n) is 1.80. The average molecular weight is 142 g/mol. The van der Waals surface area contributed by atoms with Crippen molar-refractivity contribution >= 4 is 5.97 Å². The Kier molecular flexibility index (Phi) is 1.66. The quantitative estimate of drug-likeness (QED) is 0.629. The second-order valence-corrected chi connectivity index (χ2v) is 1.80. The van der Waals surface area contributed by atoms with Crippen LogP contribution in [0.3, 0.4) is 0 Å². The highest BCUT2D eigenvalue weighted by Crippen LogP contribution is 1.94. The molecule has 1 aromatic heterocycles. The third kappa shape index (κ3) is 1.54. The minimum absolute atomic E-state index is 0.183. The fraction of sp³-hybridized carbons (Fsp3) is 0.400. The molecule has 0 spiro atoms. The first-order valence-corrected chi connectivity index (χ1v) is 2.69. The minimum atomic E-state index is -0.958. The maximum absolute atomic E-state index is 10.1. The number of hydrogen-bond donors (Lipinski definition) is 1. The Labute approximate surface area is 56.7 Å². The van der Waals surface area contributed by atoms with Gasteiger partial charge in [0, 0.05) is 6.92 Å². The van der Waals surface area contributed by atoms with Gasteiger partial charge in [0.15, 0.2) is 5.82 Å². The lowest BCUT2D eigenvalue weighted by atomic mass is 10.4. The van der Waals surface area contributed by atoms with Gasteiger partial charge in [-0.05, 0) is 0 Å². The van der Waals surface area contributed by atoms with Gasteiger partial charge in [-0.1, -0.05) is 5.16 Å². The van der Waals surface area contributed by atoms with Crippen molar-refractivity contribution in [2.45, 2.75) is 13.3 Å². The molecular formula is C5H6N2O3. The van der Waals surface area contributed by atoms with Crippen LogP contribution >= 0.6 is 0 Å². The van der Waals surface area contributed by atoms with Crippen LogP contribution < -0.4 is 0 Å². The SMILES string of the molecule is Cc1nc(CC(=O)O)no1. The molecule has 0 unspecified atom stereocenters. The topological polar surface area (TPSA) is 76.2 Å². The Morgan fingerprint density at radius 1 is 1.80 bits per heavy atom. The summed E-state index contributed by atoms with van der Waals surface area (Å²) in [5.41, 5.74) is 0. The molecule has 10 heavy (non-hydrogen) atoms. The Bertz CT molecular complexity index is 243. The van der Waals surface area contributed by atoms with Crippen molar-refractivity contribution in [2.75, 3.05) is 0 Å². The van der Waals surface area contributed by atoms with Gasteiger partial charge in [-0.3, -0.25) is 4.79 Å². The summed E-state index contributed by atoms with van der Waals surface area (Å²) in [4.78, 5) is 13.7. The van der Waals surface area contributed by atoms with Crippen LogP contribution in [0.1, 0.15) is 11.7 Å². The molecule has 0 aliphatic heterocycles. The molecule has 0 aliphatic carbocycles. The number of aryl methyl sites for hydroxylation is 1. The van der Waals surface area contributed by atoms with E-state index in [0.717, 1.165) is 0 Å². The van der Waals surface area contributed by atoms with Crippen LogP contribution in [0.15, 0.2) is 4.52 Å². The number of rotatable bonds is 2. The molecule has 1 N–H and O–H groups in total. The summed E-state index contributed by atoms with van der Waals surface area (Å²) < 4.78 is 4.54. The molecule has 0 bridgehead atoms. The first kappa shape index (κ1) is 6.73. The Morgan fingerprint density at radius 3 is 2.90 bits per heavy atom. The Hall–Kier alpha value is -1.39. The highest BCUT2D eigenvalue weighted by atomic mass is 16.5. The first-order chi connectivity index (χ1) is 4.68. The van der Waals surface area contributed by atoms with Gasteiger partial charge in [-0.25, -0.2) is 0 Å². The molecule has 0 amide bonds. The standard InChI is InChI=1S/C5H6N2O3/c1-3-6-4(7-10-3)2-5(8)9/h2H2,1H3,(H,8,9). The molecule has 0 saturated carbocycles. The zero-order valence-corrected chi connectivity index (χ0v) is 5.37. The highest BCUT2D eigenvalue weighted by molar-refractivity contribution is 5.68. The van der Waals surface area contributed by atoms with Crippen LogP contribution in [0.4, 0.5) is 0 Å². The predicted octanol–water partition coefficient (Wildman–Crippen LogP) is 0.00512. The molecule has 1 aromatic rings. The Morgan fingerprint density at radius 2 is 2.50 bits per heavy atom. The normalized spacial score (nSPS) is 9.70. The van der Waals surface area contributed by atoms with Crippen molar-refractivity contribution in [2.24, 2.45) is 0 Å². The van der Waals surface area contributed by atoms with Crippen molar-refractivity contribution < 1.29 is 14.4 Å². The number of hydrogen-bond acceptors (Lipinski definition) is 4. The largest absolute Gasteiger partial charge is 0.481 e. The van der Waals surface area contributed by atoms with Crippen LogP contribution in [-0.4, -0.2) is 21.2 Å². The summed E-state index contributed by atoms with van der Waals surface area (Å²) in [6, 6.07) is 0. The maximum Gasteiger partial charge on any atom is 0.311 e. The van der Waals surface area contributed by atoms with Crippen molar-refractivity contribution in [1.82, 2.24) is 10.1 Å². The van der Waals surface area contributed by atoms with Gasteiger partial charge in [0.1, 0.15) is 6.42 Å². The van der Waals surface area contributed by atoms with E-state index < -0.39 is 5.97 Å². The van der Waals surface area contributed by atoms with Crippen LogP contribution in [0, 0.1) is 6.92 Å². The molecule has 0 atom stereocenters. The second kappa shape index (κ2) is 2.47. The van der Waals surface area contributed by atoms with Crippen molar-refractivity contribution in [1.29, 1.82) is 0 Å². The zero-order valence-electron chi connectivity index (χ0n) is 5.37. The van der Waals surface area contributed by atoms with Crippen molar-refractivity contribution in [3.8, 4) is 0 Å². The van der Waals surface area contributed by atoms with Gasteiger partial charge in [0.2, 0.25) is 5.89 Å². The van der Waals surface area contributed by atoms with Gasteiger partial charge in [-0.15, -0.1) is 0 Å². The molecule has 0 radical (unpaired) electrons. The molecule has 54 valence electrons. The van der Waals surface area contributed by atoms with E-state index in [4.69, 9.17) is 5.11 Å². The van der Waals surface area contributed by atoms with E-state index in [1.165, 1.54) is 0 Å². The fourth-order valence-electron chi connectivity index (χ4n) is 0.548. The number of carboxylic acids is 1. The van der Waals surface area contributed by atoms with Crippen LogP contribution in [-0.2, 0) is 11.2 Å². The van der Waals surface area contributed by atoms with E-state index in [1.54, 1.807) is 6.92 Å². The number of nitrogens with zero attached hydrogens (tertiary/aromatic N) is 2. The fourth-order valence-corrected chi connectivity index (χ4v) is 0.548. The molecule has 1 heterocycles. The van der Waals surface area contributed by atoms with E-state index in [9.17, 15) is 4.79 Å². The van der Waals surface area contributed by atoms with E-state index >= 15 is 0 Å². The number of carboxylic acid groups (broad SMARTS) is 1. The smallest absolute Gasteiger partial charge is 0.311 e. The van der Waals surface area contributed by atoms with Gasteiger partial charge >= 0.3 is 5.97 Å². The first-order valence-electron chi connectivity index (χ1n) is 2.69.